The molecule has 2 nitrogen and oxygen atoms in total. The van der Waals surface area contributed by atoms with Gasteiger partial charge in [-0.2, -0.15) is 0 Å². The van der Waals surface area contributed by atoms with E-state index in [9.17, 15) is 0 Å². The first-order valence-corrected chi connectivity index (χ1v) is 8.73. The van der Waals surface area contributed by atoms with Crippen molar-refractivity contribution in [3.05, 3.63) is 15.6 Å². The lowest BCUT2D eigenvalue weighted by Crippen LogP contribution is -2.26. The third kappa shape index (κ3) is 3.82. The van der Waals surface area contributed by atoms with E-state index in [1.165, 1.54) is 41.3 Å². The Balaban J connectivity index is 2.18. The molecule has 1 aromatic heterocycles. The zero-order chi connectivity index (χ0) is 15.0. The minimum atomic E-state index is 0.132. The Morgan fingerprint density at radius 2 is 1.65 bits per heavy atom. The average molecular weight is 295 g/mol. The summed E-state index contributed by atoms with van der Waals surface area (Å²) in [5, 5.41) is 5.01. The molecule has 0 amide bonds. The molecule has 0 aliphatic heterocycles. The summed E-state index contributed by atoms with van der Waals surface area (Å²) in [6.07, 6.45) is 5.46. The molecular weight excluding hydrogens is 264 g/mol. The molecular formula is C17H30N2S. The van der Waals surface area contributed by atoms with Crippen molar-refractivity contribution >= 4 is 11.3 Å². The number of hydrogen-bond acceptors (Lipinski definition) is 3. The van der Waals surface area contributed by atoms with Gasteiger partial charge >= 0.3 is 0 Å². The SMILES string of the molecule is CC(C)(C)c1nc(C(C)(C)C)c(CNC2CCCC2)s1. The zero-order valence-electron chi connectivity index (χ0n) is 14.0. The first-order valence-electron chi connectivity index (χ1n) is 7.92. The van der Waals surface area contributed by atoms with Crippen molar-refractivity contribution < 1.29 is 0 Å². The molecule has 0 atom stereocenters. The molecule has 3 heteroatoms. The molecule has 1 saturated carbocycles. The largest absolute Gasteiger partial charge is 0.309 e. The van der Waals surface area contributed by atoms with Crippen LogP contribution in [-0.4, -0.2) is 11.0 Å². The summed E-state index contributed by atoms with van der Waals surface area (Å²) in [6, 6.07) is 0.725. The van der Waals surface area contributed by atoms with E-state index in [1.54, 1.807) is 0 Å². The minimum absolute atomic E-state index is 0.132. The van der Waals surface area contributed by atoms with E-state index >= 15 is 0 Å². The van der Waals surface area contributed by atoms with Gasteiger partial charge in [0.25, 0.3) is 0 Å². The summed E-state index contributed by atoms with van der Waals surface area (Å²) in [4.78, 5) is 6.42. The third-order valence-corrected chi connectivity index (χ3v) is 5.44. The lowest BCUT2D eigenvalue weighted by molar-refractivity contribution is 0.510. The van der Waals surface area contributed by atoms with Crippen LogP contribution in [0.25, 0.3) is 0 Å². The van der Waals surface area contributed by atoms with Crippen LogP contribution in [0.3, 0.4) is 0 Å². The molecule has 20 heavy (non-hydrogen) atoms. The predicted octanol–water partition coefficient (Wildman–Crippen LogP) is 4.77. The molecule has 114 valence electrons. The summed E-state index contributed by atoms with van der Waals surface area (Å²) in [5.74, 6) is 0. The monoisotopic (exact) mass is 294 g/mol. The van der Waals surface area contributed by atoms with Crippen LogP contribution >= 0.6 is 11.3 Å². The van der Waals surface area contributed by atoms with Gasteiger partial charge in [0.15, 0.2) is 0 Å². The maximum absolute atomic E-state index is 4.98. The smallest absolute Gasteiger partial charge is 0.0985 e. The molecule has 0 unspecified atom stereocenters. The molecule has 1 aliphatic rings. The second-order valence-electron chi connectivity index (χ2n) is 8.15. The predicted molar refractivity (Wildman–Crippen MR) is 88.6 cm³/mol. The van der Waals surface area contributed by atoms with Crippen LogP contribution in [0.1, 0.15) is 82.8 Å². The van der Waals surface area contributed by atoms with Gasteiger partial charge in [-0.15, -0.1) is 11.3 Å². The number of nitrogens with zero attached hydrogens (tertiary/aromatic N) is 1. The van der Waals surface area contributed by atoms with Gasteiger partial charge in [0, 0.05) is 28.3 Å². The van der Waals surface area contributed by atoms with Gasteiger partial charge in [-0.3, -0.25) is 0 Å². The second kappa shape index (κ2) is 5.76. The van der Waals surface area contributed by atoms with Crippen LogP contribution in [0.5, 0.6) is 0 Å². The number of aromatic nitrogens is 1. The topological polar surface area (TPSA) is 24.9 Å². The van der Waals surface area contributed by atoms with Gasteiger partial charge in [-0.05, 0) is 12.8 Å². The zero-order valence-corrected chi connectivity index (χ0v) is 14.8. The Morgan fingerprint density at radius 3 is 2.15 bits per heavy atom. The number of rotatable bonds is 3. The Kier molecular flexibility index (Phi) is 4.60. The van der Waals surface area contributed by atoms with Crippen molar-refractivity contribution in [2.24, 2.45) is 0 Å². The van der Waals surface area contributed by atoms with Gasteiger partial charge < -0.3 is 5.32 Å². The van der Waals surface area contributed by atoms with E-state index < -0.39 is 0 Å². The van der Waals surface area contributed by atoms with E-state index in [4.69, 9.17) is 4.98 Å². The number of hydrogen-bond donors (Lipinski definition) is 1. The lowest BCUT2D eigenvalue weighted by atomic mass is 9.90. The van der Waals surface area contributed by atoms with Crippen LogP contribution in [0.4, 0.5) is 0 Å². The van der Waals surface area contributed by atoms with Crippen molar-refractivity contribution in [1.29, 1.82) is 0 Å². The van der Waals surface area contributed by atoms with Crippen LogP contribution in [0, 0.1) is 0 Å². The average Bonchev–Trinajstić information content (AvgIpc) is 2.93. The molecule has 1 aromatic rings. The van der Waals surface area contributed by atoms with Crippen molar-refractivity contribution in [2.45, 2.75) is 90.6 Å². The Hall–Kier alpha value is -0.410. The molecule has 0 bridgehead atoms. The fraction of sp³-hybridized carbons (Fsp3) is 0.824. The van der Waals surface area contributed by atoms with Gasteiger partial charge in [-0.25, -0.2) is 4.98 Å². The van der Waals surface area contributed by atoms with E-state index in [2.05, 4.69) is 46.9 Å². The van der Waals surface area contributed by atoms with Crippen molar-refractivity contribution in [3.8, 4) is 0 Å². The highest BCUT2D eigenvalue weighted by Crippen LogP contribution is 2.35. The molecule has 1 aliphatic carbocycles. The first-order chi connectivity index (χ1) is 9.18. The normalized spacial score (nSPS) is 17.9. The first kappa shape index (κ1) is 16.0. The van der Waals surface area contributed by atoms with E-state index in [-0.39, 0.29) is 10.8 Å². The van der Waals surface area contributed by atoms with E-state index in [0.717, 1.165) is 12.6 Å². The fourth-order valence-electron chi connectivity index (χ4n) is 2.75. The highest BCUT2D eigenvalue weighted by atomic mass is 32.1. The van der Waals surface area contributed by atoms with Crippen LogP contribution in [0.2, 0.25) is 0 Å². The third-order valence-electron chi connectivity index (χ3n) is 3.96. The van der Waals surface area contributed by atoms with Gasteiger partial charge in [-0.1, -0.05) is 54.4 Å². The highest BCUT2D eigenvalue weighted by Gasteiger charge is 2.27. The quantitative estimate of drug-likeness (QED) is 0.868. The van der Waals surface area contributed by atoms with Crippen molar-refractivity contribution in [2.75, 3.05) is 0 Å². The molecule has 1 N–H and O–H groups in total. The molecule has 0 aromatic carbocycles. The Labute approximate surface area is 128 Å². The molecule has 2 rings (SSSR count). The van der Waals surface area contributed by atoms with Gasteiger partial charge in [0.1, 0.15) is 0 Å². The number of nitrogens with one attached hydrogen (secondary N) is 1. The van der Waals surface area contributed by atoms with Gasteiger partial charge in [0.2, 0.25) is 0 Å². The maximum atomic E-state index is 4.98. The maximum Gasteiger partial charge on any atom is 0.0985 e. The summed E-state index contributed by atoms with van der Waals surface area (Å²) in [5.41, 5.74) is 1.57. The summed E-state index contributed by atoms with van der Waals surface area (Å²) >= 11 is 1.90. The molecule has 1 fully saturated rings. The number of thiazole rings is 1. The fourth-order valence-corrected chi connectivity index (χ4v) is 4.03. The lowest BCUT2D eigenvalue weighted by Gasteiger charge is -2.19. The van der Waals surface area contributed by atoms with Crippen LogP contribution < -0.4 is 5.32 Å². The van der Waals surface area contributed by atoms with E-state index in [0.29, 0.717) is 0 Å². The van der Waals surface area contributed by atoms with Crippen LogP contribution in [-0.2, 0) is 17.4 Å². The van der Waals surface area contributed by atoms with Crippen LogP contribution in [0.15, 0.2) is 0 Å². The highest BCUT2D eigenvalue weighted by molar-refractivity contribution is 7.11. The van der Waals surface area contributed by atoms with E-state index in [1.807, 2.05) is 11.3 Å². The minimum Gasteiger partial charge on any atom is -0.309 e. The molecule has 0 spiro atoms. The van der Waals surface area contributed by atoms with Crippen molar-refractivity contribution in [3.63, 3.8) is 0 Å². The van der Waals surface area contributed by atoms with Crippen molar-refractivity contribution in [1.82, 2.24) is 10.3 Å². The summed E-state index contributed by atoms with van der Waals surface area (Å²) in [7, 11) is 0. The van der Waals surface area contributed by atoms with Gasteiger partial charge in [0.05, 0.1) is 10.7 Å². The second-order valence-corrected chi connectivity index (χ2v) is 9.24. The Bertz CT molecular complexity index is 443. The molecule has 0 saturated heterocycles. The molecule has 0 radical (unpaired) electrons. The Morgan fingerprint density at radius 1 is 1.05 bits per heavy atom. The molecule has 1 heterocycles. The standard InChI is InChI=1S/C17H30N2S/c1-16(2,3)14-13(11-18-12-9-7-8-10-12)20-15(19-14)17(4,5)6/h12,18H,7-11H2,1-6H3. The summed E-state index contributed by atoms with van der Waals surface area (Å²) < 4.78 is 0. The summed E-state index contributed by atoms with van der Waals surface area (Å²) in [6.45, 7) is 14.6.